The number of ether oxygens (including phenoxy) is 1. The first-order chi connectivity index (χ1) is 21.3. The maximum atomic E-state index is 15.1. The summed E-state index contributed by atoms with van der Waals surface area (Å²) >= 11 is 0. The van der Waals surface area contributed by atoms with Crippen molar-refractivity contribution in [2.24, 2.45) is 0 Å². The lowest BCUT2D eigenvalue weighted by atomic mass is 9.99. The maximum absolute atomic E-state index is 15.1. The van der Waals surface area contributed by atoms with Gasteiger partial charge in [0.05, 0.1) is 11.3 Å². The number of esters is 2. The molecular weight excluding hydrogens is 608 g/mol. The first-order valence-electron chi connectivity index (χ1n) is 13.7. The second-order valence-electron chi connectivity index (χ2n) is 9.82. The Kier molecular flexibility index (Phi) is 9.91. The molecule has 0 bridgehead atoms. The number of halogens is 6. The molecular formula is C30H27F6N5O4. The van der Waals surface area contributed by atoms with Gasteiger partial charge in [0.25, 0.3) is 5.56 Å². The van der Waals surface area contributed by atoms with Crippen LogP contribution in [0.5, 0.6) is 0 Å². The van der Waals surface area contributed by atoms with Gasteiger partial charge in [0.1, 0.15) is 23.1 Å². The fraction of sp³-hybridized carbons (Fsp3) is 0.300. The highest BCUT2D eigenvalue weighted by molar-refractivity contribution is 6.00. The Balaban J connectivity index is 1.93. The standard InChI is InChI=1S/C30H27F6N5O4/c1-4-40(5-2)13-7-12-37-29-38-24(19-14-17(15-22(33)16(19)3)27(43)45-28(44)30(34,35)36)18-10-11-23(42)41(26(18)39-29)25-20(31)8-6-9-21(25)32/h6,8-11,14-15H,4-5,7,12-13H2,1-3H3,(H,37,38,39). The van der Waals surface area contributed by atoms with Gasteiger partial charge in [-0.3, -0.25) is 9.36 Å². The molecule has 0 aliphatic carbocycles. The van der Waals surface area contributed by atoms with E-state index in [9.17, 15) is 36.3 Å². The molecule has 0 radical (unpaired) electrons. The molecule has 2 heterocycles. The number of aromatic nitrogens is 3. The van der Waals surface area contributed by atoms with Crippen molar-refractivity contribution >= 4 is 28.9 Å². The molecule has 0 spiro atoms. The molecule has 0 atom stereocenters. The highest BCUT2D eigenvalue weighted by atomic mass is 19.4. The van der Waals surface area contributed by atoms with Crippen LogP contribution >= 0.6 is 0 Å². The van der Waals surface area contributed by atoms with Crippen LogP contribution in [-0.4, -0.2) is 63.7 Å². The fourth-order valence-corrected chi connectivity index (χ4v) is 4.60. The van der Waals surface area contributed by atoms with E-state index >= 15 is 4.39 Å². The Morgan fingerprint density at radius 1 is 0.978 bits per heavy atom. The summed E-state index contributed by atoms with van der Waals surface area (Å²) in [6.07, 6.45) is -4.87. The maximum Gasteiger partial charge on any atom is 0.491 e. The van der Waals surface area contributed by atoms with Crippen molar-refractivity contribution in [1.29, 1.82) is 0 Å². The molecule has 0 fully saturated rings. The van der Waals surface area contributed by atoms with Crippen molar-refractivity contribution in [3.63, 3.8) is 0 Å². The minimum absolute atomic E-state index is 0.0228. The summed E-state index contributed by atoms with van der Waals surface area (Å²) in [5.41, 5.74) is -3.06. The number of hydrogen-bond donors (Lipinski definition) is 1. The SMILES string of the molecule is CCN(CC)CCCNc1nc(-c2cc(C(=O)OC(=O)C(F)(F)F)cc(F)c2C)c2ccc(=O)n(-c3c(F)cccc3F)c2n1. The van der Waals surface area contributed by atoms with Crippen molar-refractivity contribution in [3.8, 4) is 16.9 Å². The number of alkyl halides is 3. The highest BCUT2D eigenvalue weighted by Crippen LogP contribution is 2.33. The number of carbonyl (C=O) groups is 2. The molecule has 4 rings (SSSR count). The Morgan fingerprint density at radius 3 is 2.27 bits per heavy atom. The third-order valence-corrected chi connectivity index (χ3v) is 6.99. The normalized spacial score (nSPS) is 11.7. The van der Waals surface area contributed by atoms with Crippen LogP contribution in [0, 0.1) is 24.4 Å². The molecule has 1 N–H and O–H groups in total. The van der Waals surface area contributed by atoms with E-state index in [1.807, 2.05) is 13.8 Å². The van der Waals surface area contributed by atoms with Gasteiger partial charge in [-0.05, 0) is 68.9 Å². The minimum Gasteiger partial charge on any atom is -0.383 e. The predicted molar refractivity (Wildman–Crippen MR) is 153 cm³/mol. The van der Waals surface area contributed by atoms with Crippen LogP contribution in [-0.2, 0) is 9.53 Å². The number of nitrogens with one attached hydrogen (secondary N) is 1. The number of benzene rings is 2. The van der Waals surface area contributed by atoms with E-state index in [0.29, 0.717) is 30.1 Å². The van der Waals surface area contributed by atoms with Crippen LogP contribution < -0.4 is 10.9 Å². The fourth-order valence-electron chi connectivity index (χ4n) is 4.60. The topological polar surface area (TPSA) is 106 Å². The number of anilines is 1. The van der Waals surface area contributed by atoms with Gasteiger partial charge in [0.2, 0.25) is 5.95 Å². The lowest BCUT2D eigenvalue weighted by Gasteiger charge is -2.18. The van der Waals surface area contributed by atoms with Crippen LogP contribution in [0.4, 0.5) is 32.3 Å². The lowest BCUT2D eigenvalue weighted by Crippen LogP contribution is -2.28. The van der Waals surface area contributed by atoms with Crippen LogP contribution in [0.15, 0.2) is 47.3 Å². The smallest absolute Gasteiger partial charge is 0.383 e. The van der Waals surface area contributed by atoms with Gasteiger partial charge < -0.3 is 15.0 Å². The Hall–Kier alpha value is -4.79. The number of rotatable bonds is 10. The van der Waals surface area contributed by atoms with Crippen LogP contribution in [0.3, 0.4) is 0 Å². The zero-order valence-electron chi connectivity index (χ0n) is 24.3. The van der Waals surface area contributed by atoms with Gasteiger partial charge in [-0.1, -0.05) is 19.9 Å². The van der Waals surface area contributed by atoms with E-state index in [2.05, 4.69) is 24.9 Å². The predicted octanol–water partition coefficient (Wildman–Crippen LogP) is 5.56. The third kappa shape index (κ3) is 7.14. The van der Waals surface area contributed by atoms with Crippen molar-refractivity contribution < 1.29 is 40.7 Å². The molecule has 4 aromatic rings. The molecule has 0 aliphatic heterocycles. The van der Waals surface area contributed by atoms with Crippen molar-refractivity contribution in [2.45, 2.75) is 33.4 Å². The summed E-state index contributed by atoms with van der Waals surface area (Å²) in [4.78, 5) is 47.7. The number of para-hydroxylation sites is 1. The highest BCUT2D eigenvalue weighted by Gasteiger charge is 2.42. The van der Waals surface area contributed by atoms with Gasteiger partial charge in [-0.15, -0.1) is 0 Å². The quantitative estimate of drug-likeness (QED) is 0.105. The molecule has 2 aromatic heterocycles. The number of carbonyl (C=O) groups excluding carboxylic acids is 2. The summed E-state index contributed by atoms with van der Waals surface area (Å²) in [7, 11) is 0. The zero-order chi connectivity index (χ0) is 33.1. The second-order valence-corrected chi connectivity index (χ2v) is 9.82. The van der Waals surface area contributed by atoms with E-state index < -0.39 is 52.4 Å². The molecule has 0 saturated carbocycles. The van der Waals surface area contributed by atoms with E-state index in [0.717, 1.165) is 43.4 Å². The Bertz CT molecular complexity index is 1800. The van der Waals surface area contributed by atoms with Gasteiger partial charge in [-0.2, -0.15) is 18.2 Å². The first-order valence-corrected chi connectivity index (χ1v) is 13.7. The van der Waals surface area contributed by atoms with E-state index in [1.54, 1.807) is 0 Å². The lowest BCUT2D eigenvalue weighted by molar-refractivity contribution is -0.193. The van der Waals surface area contributed by atoms with Gasteiger partial charge in [0, 0.05) is 23.6 Å². The minimum atomic E-state index is -5.48. The number of nitrogens with zero attached hydrogens (tertiary/aromatic N) is 4. The van der Waals surface area contributed by atoms with Crippen LogP contribution in [0.1, 0.15) is 36.2 Å². The van der Waals surface area contributed by atoms with Crippen molar-refractivity contribution in [1.82, 2.24) is 19.4 Å². The van der Waals surface area contributed by atoms with E-state index in [4.69, 9.17) is 0 Å². The number of fused-ring (bicyclic) bond motifs is 1. The summed E-state index contributed by atoms with van der Waals surface area (Å²) in [5.74, 6) is -7.94. The number of pyridine rings is 1. The molecule has 15 heteroatoms. The molecule has 45 heavy (non-hydrogen) atoms. The summed E-state index contributed by atoms with van der Waals surface area (Å²) in [5, 5.41) is 2.96. The van der Waals surface area contributed by atoms with E-state index in [-0.39, 0.29) is 33.8 Å². The zero-order valence-corrected chi connectivity index (χ0v) is 24.3. The third-order valence-electron chi connectivity index (χ3n) is 6.99. The average molecular weight is 636 g/mol. The Labute approximate surface area is 252 Å². The Morgan fingerprint density at radius 2 is 1.64 bits per heavy atom. The molecule has 0 aliphatic rings. The van der Waals surface area contributed by atoms with E-state index in [1.165, 1.54) is 13.0 Å². The average Bonchev–Trinajstić information content (AvgIpc) is 2.98. The molecule has 9 nitrogen and oxygen atoms in total. The van der Waals surface area contributed by atoms with Crippen molar-refractivity contribution in [2.75, 3.05) is 31.5 Å². The first kappa shape index (κ1) is 33.1. The molecule has 2 aromatic carbocycles. The summed E-state index contributed by atoms with van der Waals surface area (Å²) in [6.45, 7) is 7.93. The largest absolute Gasteiger partial charge is 0.491 e. The van der Waals surface area contributed by atoms with Crippen LogP contribution in [0.25, 0.3) is 28.0 Å². The van der Waals surface area contributed by atoms with Crippen LogP contribution in [0.2, 0.25) is 0 Å². The van der Waals surface area contributed by atoms with Gasteiger partial charge >= 0.3 is 18.1 Å². The van der Waals surface area contributed by atoms with Crippen molar-refractivity contribution in [3.05, 3.63) is 81.4 Å². The molecule has 0 amide bonds. The molecule has 0 unspecified atom stereocenters. The van der Waals surface area contributed by atoms with Gasteiger partial charge in [-0.25, -0.2) is 27.7 Å². The summed E-state index contributed by atoms with van der Waals surface area (Å²) < 4.78 is 87.7. The molecule has 0 saturated heterocycles. The summed E-state index contributed by atoms with van der Waals surface area (Å²) in [6, 6.07) is 6.73. The monoisotopic (exact) mass is 635 g/mol. The molecule has 238 valence electrons. The number of hydrogen-bond acceptors (Lipinski definition) is 8. The van der Waals surface area contributed by atoms with Gasteiger partial charge in [0.15, 0.2) is 5.65 Å². The second kappa shape index (κ2) is 13.5.